The van der Waals surface area contributed by atoms with Crippen molar-refractivity contribution in [2.75, 3.05) is 18.5 Å². The zero-order chi connectivity index (χ0) is 19.8. The van der Waals surface area contributed by atoms with E-state index in [1.165, 1.54) is 11.3 Å². The van der Waals surface area contributed by atoms with Gasteiger partial charge in [0.1, 0.15) is 11.4 Å². The lowest BCUT2D eigenvalue weighted by atomic mass is 10.2. The van der Waals surface area contributed by atoms with Gasteiger partial charge in [0.05, 0.1) is 0 Å². The fourth-order valence-electron chi connectivity index (χ4n) is 2.54. The van der Waals surface area contributed by atoms with E-state index in [4.69, 9.17) is 4.74 Å². The number of ether oxygens (including phenoxy) is 1. The number of nitrogens with zero attached hydrogens (tertiary/aromatic N) is 2. The second-order valence-corrected chi connectivity index (χ2v) is 6.85. The highest BCUT2D eigenvalue weighted by atomic mass is 32.1. The van der Waals surface area contributed by atoms with Crippen molar-refractivity contribution in [2.24, 2.45) is 0 Å². The number of hydrogen-bond donors (Lipinski definition) is 1. The van der Waals surface area contributed by atoms with E-state index < -0.39 is 0 Å². The van der Waals surface area contributed by atoms with Gasteiger partial charge in [0.2, 0.25) is 0 Å². The molecule has 0 aliphatic rings. The van der Waals surface area contributed by atoms with Gasteiger partial charge in [-0.15, -0.1) is 11.3 Å². The molecule has 1 heterocycles. The van der Waals surface area contributed by atoms with Crippen molar-refractivity contribution in [3.05, 3.63) is 77.3 Å². The van der Waals surface area contributed by atoms with Gasteiger partial charge >= 0.3 is 0 Å². The molecule has 0 saturated carbocycles. The average Bonchev–Trinajstić information content (AvgIpc) is 3.20. The topological polar surface area (TPSA) is 71.5 Å². The van der Waals surface area contributed by atoms with Crippen LogP contribution in [0.15, 0.2) is 66.0 Å². The highest BCUT2D eigenvalue weighted by Gasteiger charge is 2.18. The zero-order valence-electron chi connectivity index (χ0n) is 15.5. The summed E-state index contributed by atoms with van der Waals surface area (Å²) < 4.78 is 5.41. The number of amides is 2. The maximum Gasteiger partial charge on any atom is 0.273 e. The summed E-state index contributed by atoms with van der Waals surface area (Å²) in [5.41, 5.74) is 1.38. The largest absolute Gasteiger partial charge is 0.484 e. The summed E-state index contributed by atoms with van der Waals surface area (Å²) in [7, 11) is 0. The molecule has 1 aromatic heterocycles. The lowest BCUT2D eigenvalue weighted by molar-refractivity contribution is -0.118. The fourth-order valence-corrected chi connectivity index (χ4v) is 3.24. The summed E-state index contributed by atoms with van der Waals surface area (Å²) in [5.74, 6) is 0.129. The minimum atomic E-state index is -0.325. The van der Waals surface area contributed by atoms with Crippen LogP contribution in [0.3, 0.4) is 0 Å². The highest BCUT2D eigenvalue weighted by molar-refractivity contribution is 7.14. The Labute approximate surface area is 167 Å². The third kappa shape index (κ3) is 5.40. The quantitative estimate of drug-likeness (QED) is 0.629. The molecule has 0 saturated heterocycles. The number of para-hydroxylation sites is 1. The van der Waals surface area contributed by atoms with E-state index in [0.29, 0.717) is 29.7 Å². The lowest BCUT2D eigenvalue weighted by Gasteiger charge is -2.19. The van der Waals surface area contributed by atoms with Gasteiger partial charge in [-0.25, -0.2) is 4.98 Å². The molecule has 2 aromatic carbocycles. The van der Waals surface area contributed by atoms with Gasteiger partial charge in [0.25, 0.3) is 11.8 Å². The van der Waals surface area contributed by atoms with Crippen LogP contribution in [0.1, 0.15) is 23.0 Å². The molecule has 0 spiro atoms. The summed E-state index contributed by atoms with van der Waals surface area (Å²) in [4.78, 5) is 30.7. The molecular formula is C21H21N3O3S. The number of nitrogens with one attached hydrogen (secondary N) is 1. The predicted octanol–water partition coefficient (Wildman–Crippen LogP) is 3.82. The molecule has 28 heavy (non-hydrogen) atoms. The number of carbonyl (C=O) groups is 2. The van der Waals surface area contributed by atoms with Crippen molar-refractivity contribution in [3.63, 3.8) is 0 Å². The van der Waals surface area contributed by atoms with Crippen LogP contribution in [0.5, 0.6) is 5.75 Å². The Morgan fingerprint density at radius 3 is 2.43 bits per heavy atom. The molecule has 6 nitrogen and oxygen atoms in total. The van der Waals surface area contributed by atoms with Crippen LogP contribution in [-0.4, -0.2) is 34.8 Å². The first kappa shape index (κ1) is 19.6. The number of benzene rings is 2. The van der Waals surface area contributed by atoms with Crippen molar-refractivity contribution >= 4 is 28.3 Å². The van der Waals surface area contributed by atoms with E-state index in [1.54, 1.807) is 22.4 Å². The van der Waals surface area contributed by atoms with E-state index in [9.17, 15) is 9.59 Å². The van der Waals surface area contributed by atoms with Gasteiger partial charge in [-0.2, -0.15) is 0 Å². The molecule has 0 radical (unpaired) electrons. The Balaban J connectivity index is 1.56. The lowest BCUT2D eigenvalue weighted by Crippen LogP contribution is -2.30. The second kappa shape index (κ2) is 9.66. The Kier molecular flexibility index (Phi) is 6.75. The van der Waals surface area contributed by atoms with Crippen LogP contribution in [0.4, 0.5) is 5.13 Å². The van der Waals surface area contributed by atoms with Crippen LogP contribution in [0.25, 0.3) is 0 Å². The molecule has 0 aliphatic carbocycles. The second-order valence-electron chi connectivity index (χ2n) is 5.99. The summed E-state index contributed by atoms with van der Waals surface area (Å²) in [6, 6.07) is 18.9. The first-order valence-electron chi connectivity index (χ1n) is 8.92. The van der Waals surface area contributed by atoms with Gasteiger partial charge in [-0.1, -0.05) is 48.5 Å². The van der Waals surface area contributed by atoms with Gasteiger partial charge in [-0.3, -0.25) is 14.9 Å². The molecule has 144 valence electrons. The van der Waals surface area contributed by atoms with E-state index in [1.807, 2.05) is 55.5 Å². The molecule has 3 aromatic rings. The molecule has 0 fully saturated rings. The molecule has 0 aliphatic heterocycles. The Morgan fingerprint density at radius 1 is 1.07 bits per heavy atom. The SMILES string of the molecule is CCN(Cc1ccccc1)C(=O)c1csc(NC(=O)COc2ccccc2)n1. The van der Waals surface area contributed by atoms with Crippen molar-refractivity contribution in [1.29, 1.82) is 0 Å². The monoisotopic (exact) mass is 395 g/mol. The van der Waals surface area contributed by atoms with Gasteiger partial charge < -0.3 is 9.64 Å². The predicted molar refractivity (Wildman–Crippen MR) is 110 cm³/mol. The van der Waals surface area contributed by atoms with E-state index >= 15 is 0 Å². The molecular weight excluding hydrogens is 374 g/mol. The summed E-state index contributed by atoms with van der Waals surface area (Å²) >= 11 is 1.22. The maximum atomic E-state index is 12.7. The minimum absolute atomic E-state index is 0.123. The molecule has 1 N–H and O–H groups in total. The number of aromatic nitrogens is 1. The third-order valence-corrected chi connectivity index (χ3v) is 4.73. The van der Waals surface area contributed by atoms with Crippen molar-refractivity contribution in [2.45, 2.75) is 13.5 Å². The smallest absolute Gasteiger partial charge is 0.273 e. The number of rotatable bonds is 8. The highest BCUT2D eigenvalue weighted by Crippen LogP contribution is 2.18. The van der Waals surface area contributed by atoms with Crippen LogP contribution in [-0.2, 0) is 11.3 Å². The molecule has 0 unspecified atom stereocenters. The van der Waals surface area contributed by atoms with Gasteiger partial charge in [0.15, 0.2) is 11.7 Å². The van der Waals surface area contributed by atoms with Crippen molar-refractivity contribution in [3.8, 4) is 5.75 Å². The molecule has 3 rings (SSSR count). The summed E-state index contributed by atoms with van der Waals surface area (Å²) in [6.07, 6.45) is 0. The van der Waals surface area contributed by atoms with E-state index in [0.717, 1.165) is 5.56 Å². The van der Waals surface area contributed by atoms with Crippen molar-refractivity contribution < 1.29 is 14.3 Å². The van der Waals surface area contributed by atoms with Crippen LogP contribution in [0.2, 0.25) is 0 Å². The Morgan fingerprint density at radius 2 is 1.75 bits per heavy atom. The standard InChI is InChI=1S/C21H21N3O3S/c1-2-24(13-16-9-5-3-6-10-16)20(26)18-15-28-21(22-18)23-19(25)14-27-17-11-7-4-8-12-17/h3-12,15H,2,13-14H2,1H3,(H,22,23,25). The fraction of sp³-hybridized carbons (Fsp3) is 0.190. The van der Waals surface area contributed by atoms with E-state index in [2.05, 4.69) is 10.3 Å². The molecule has 2 amide bonds. The summed E-state index contributed by atoms with van der Waals surface area (Å²) in [5, 5.41) is 4.70. The first-order chi connectivity index (χ1) is 13.7. The van der Waals surface area contributed by atoms with E-state index in [-0.39, 0.29) is 18.4 Å². The number of hydrogen-bond acceptors (Lipinski definition) is 5. The Bertz CT molecular complexity index is 913. The van der Waals surface area contributed by atoms with Gasteiger partial charge in [-0.05, 0) is 24.6 Å². The van der Waals surface area contributed by atoms with Crippen molar-refractivity contribution in [1.82, 2.24) is 9.88 Å². The van der Waals surface area contributed by atoms with Crippen LogP contribution in [0, 0.1) is 0 Å². The molecule has 7 heteroatoms. The Hall–Kier alpha value is -3.19. The number of carbonyl (C=O) groups excluding carboxylic acids is 2. The first-order valence-corrected chi connectivity index (χ1v) is 9.80. The van der Waals surface area contributed by atoms with Crippen LogP contribution >= 0.6 is 11.3 Å². The van der Waals surface area contributed by atoms with Crippen LogP contribution < -0.4 is 10.1 Å². The molecule has 0 bridgehead atoms. The summed E-state index contributed by atoms with van der Waals surface area (Å²) in [6.45, 7) is 2.89. The average molecular weight is 395 g/mol. The number of thiazole rings is 1. The minimum Gasteiger partial charge on any atom is -0.484 e. The van der Waals surface area contributed by atoms with Gasteiger partial charge in [0, 0.05) is 18.5 Å². The number of anilines is 1. The molecule has 0 atom stereocenters. The maximum absolute atomic E-state index is 12.7. The zero-order valence-corrected chi connectivity index (χ0v) is 16.3. The normalized spacial score (nSPS) is 10.3. The third-order valence-electron chi connectivity index (χ3n) is 3.97.